The second-order valence-corrected chi connectivity index (χ2v) is 2.46. The fraction of sp³-hybridized carbons (Fsp3) is 0.273. The fourth-order valence-corrected chi connectivity index (χ4v) is 0.601. The molecule has 1 heteroatoms. The summed E-state index contributed by atoms with van der Waals surface area (Å²) in [5, 5.41) is 0. The van der Waals surface area contributed by atoms with Crippen LogP contribution in [0.1, 0.15) is 13.8 Å². The molecule has 0 saturated carbocycles. The van der Waals surface area contributed by atoms with Gasteiger partial charge in [0.25, 0.3) is 0 Å². The van der Waals surface area contributed by atoms with Gasteiger partial charge in [-0.1, -0.05) is 37.5 Å². The SMILES string of the molecule is C=C/C(=C\C=C/C)COC(=C)C. The molecule has 0 bridgehead atoms. The van der Waals surface area contributed by atoms with E-state index in [0.29, 0.717) is 6.61 Å². The van der Waals surface area contributed by atoms with Crippen LogP contribution in [0.5, 0.6) is 0 Å². The van der Waals surface area contributed by atoms with Gasteiger partial charge >= 0.3 is 0 Å². The maximum absolute atomic E-state index is 5.22. The van der Waals surface area contributed by atoms with Gasteiger partial charge in [-0.3, -0.25) is 0 Å². The maximum atomic E-state index is 5.22. The third-order valence-electron chi connectivity index (χ3n) is 1.25. The Balaban J connectivity index is 3.99. The van der Waals surface area contributed by atoms with E-state index >= 15 is 0 Å². The average molecular weight is 164 g/mol. The van der Waals surface area contributed by atoms with Crippen LogP contribution in [-0.4, -0.2) is 6.61 Å². The highest BCUT2D eigenvalue weighted by Gasteiger charge is 1.90. The number of rotatable bonds is 5. The highest BCUT2D eigenvalue weighted by Crippen LogP contribution is 2.00. The van der Waals surface area contributed by atoms with Gasteiger partial charge in [-0.15, -0.1) is 0 Å². The first-order chi connectivity index (χ1) is 5.70. The topological polar surface area (TPSA) is 9.23 Å². The van der Waals surface area contributed by atoms with E-state index in [2.05, 4.69) is 13.2 Å². The maximum Gasteiger partial charge on any atom is 0.113 e. The monoisotopic (exact) mass is 164 g/mol. The van der Waals surface area contributed by atoms with E-state index in [0.717, 1.165) is 11.3 Å². The summed E-state index contributed by atoms with van der Waals surface area (Å²) in [7, 11) is 0. The van der Waals surface area contributed by atoms with E-state index in [1.807, 2.05) is 32.1 Å². The van der Waals surface area contributed by atoms with Gasteiger partial charge in [-0.2, -0.15) is 0 Å². The highest BCUT2D eigenvalue weighted by atomic mass is 16.5. The Kier molecular flexibility index (Phi) is 5.80. The van der Waals surface area contributed by atoms with E-state index in [4.69, 9.17) is 4.74 Å². The lowest BCUT2D eigenvalue weighted by atomic mass is 10.2. The molecule has 0 aliphatic heterocycles. The fourth-order valence-electron chi connectivity index (χ4n) is 0.601. The summed E-state index contributed by atoms with van der Waals surface area (Å²) >= 11 is 0. The molecule has 0 unspecified atom stereocenters. The van der Waals surface area contributed by atoms with Gasteiger partial charge < -0.3 is 4.74 Å². The van der Waals surface area contributed by atoms with E-state index in [-0.39, 0.29) is 0 Å². The minimum Gasteiger partial charge on any atom is -0.494 e. The van der Waals surface area contributed by atoms with Crippen LogP contribution in [0.2, 0.25) is 0 Å². The zero-order valence-electron chi connectivity index (χ0n) is 7.84. The Bertz CT molecular complexity index is 209. The molecule has 1 nitrogen and oxygen atoms in total. The molecule has 0 amide bonds. The summed E-state index contributed by atoms with van der Waals surface area (Å²) in [6.45, 7) is 11.7. The van der Waals surface area contributed by atoms with Crippen molar-refractivity contribution in [2.45, 2.75) is 13.8 Å². The summed E-state index contributed by atoms with van der Waals surface area (Å²) in [5.41, 5.74) is 1.05. The zero-order chi connectivity index (χ0) is 9.40. The van der Waals surface area contributed by atoms with Crippen LogP contribution in [0.3, 0.4) is 0 Å². The van der Waals surface area contributed by atoms with E-state index in [1.54, 1.807) is 6.08 Å². The lowest BCUT2D eigenvalue weighted by Crippen LogP contribution is -1.92. The molecule has 0 spiro atoms. The van der Waals surface area contributed by atoms with Gasteiger partial charge in [0.05, 0.1) is 5.76 Å². The summed E-state index contributed by atoms with van der Waals surface area (Å²) in [6, 6.07) is 0. The van der Waals surface area contributed by atoms with Crippen LogP contribution in [0.25, 0.3) is 0 Å². The number of ether oxygens (including phenoxy) is 1. The van der Waals surface area contributed by atoms with Crippen molar-refractivity contribution >= 4 is 0 Å². The standard InChI is InChI=1S/C11H16O/c1-5-7-8-11(6-2)9-12-10(3)4/h5-8H,2-3,9H2,1,4H3/b7-5-,11-8+. The summed E-state index contributed by atoms with van der Waals surface area (Å²) in [6.07, 6.45) is 7.67. The molecule has 0 aromatic carbocycles. The van der Waals surface area contributed by atoms with Gasteiger partial charge in [0.15, 0.2) is 0 Å². The predicted molar refractivity (Wildman–Crippen MR) is 53.9 cm³/mol. The van der Waals surface area contributed by atoms with E-state index < -0.39 is 0 Å². The van der Waals surface area contributed by atoms with Gasteiger partial charge in [-0.25, -0.2) is 0 Å². The van der Waals surface area contributed by atoms with Crippen LogP contribution in [0.15, 0.2) is 48.8 Å². The van der Waals surface area contributed by atoms with Crippen molar-refractivity contribution in [3.63, 3.8) is 0 Å². The molecule has 0 heterocycles. The normalized spacial score (nSPS) is 11.7. The molecule has 0 aliphatic rings. The summed E-state index contributed by atoms with van der Waals surface area (Å²) in [5.74, 6) is 0.725. The molecule has 0 fully saturated rings. The van der Waals surface area contributed by atoms with Crippen molar-refractivity contribution in [1.29, 1.82) is 0 Å². The molecular formula is C11H16O. The molecule has 0 rings (SSSR count). The lowest BCUT2D eigenvalue weighted by Gasteiger charge is -2.04. The Morgan fingerprint density at radius 2 is 2.17 bits per heavy atom. The number of hydrogen-bond acceptors (Lipinski definition) is 1. The molecular weight excluding hydrogens is 148 g/mol. The first-order valence-corrected chi connectivity index (χ1v) is 3.93. The highest BCUT2D eigenvalue weighted by molar-refractivity contribution is 5.22. The Labute approximate surface area is 74.7 Å². The van der Waals surface area contributed by atoms with E-state index in [1.165, 1.54) is 0 Å². The summed E-state index contributed by atoms with van der Waals surface area (Å²) < 4.78 is 5.22. The molecule has 0 aliphatic carbocycles. The molecule has 0 saturated heterocycles. The van der Waals surface area contributed by atoms with Crippen molar-refractivity contribution in [1.82, 2.24) is 0 Å². The third-order valence-corrected chi connectivity index (χ3v) is 1.25. The van der Waals surface area contributed by atoms with Crippen LogP contribution in [0, 0.1) is 0 Å². The number of hydrogen-bond donors (Lipinski definition) is 0. The quantitative estimate of drug-likeness (QED) is 0.448. The van der Waals surface area contributed by atoms with Gasteiger partial charge in [0.1, 0.15) is 6.61 Å². The van der Waals surface area contributed by atoms with Gasteiger partial charge in [0, 0.05) is 0 Å². The minimum absolute atomic E-state index is 0.545. The largest absolute Gasteiger partial charge is 0.494 e. The Morgan fingerprint density at radius 1 is 1.50 bits per heavy atom. The van der Waals surface area contributed by atoms with Crippen molar-refractivity contribution in [3.8, 4) is 0 Å². The predicted octanol–water partition coefficient (Wildman–Crippen LogP) is 3.23. The lowest BCUT2D eigenvalue weighted by molar-refractivity contribution is 0.246. The van der Waals surface area contributed by atoms with Crippen molar-refractivity contribution in [3.05, 3.63) is 48.8 Å². The van der Waals surface area contributed by atoms with E-state index in [9.17, 15) is 0 Å². The Hall–Kier alpha value is -1.24. The molecule has 0 radical (unpaired) electrons. The molecule has 66 valence electrons. The smallest absolute Gasteiger partial charge is 0.113 e. The second-order valence-electron chi connectivity index (χ2n) is 2.46. The van der Waals surface area contributed by atoms with Gasteiger partial charge in [-0.05, 0) is 19.4 Å². The Morgan fingerprint density at radius 3 is 2.58 bits per heavy atom. The van der Waals surface area contributed by atoms with Crippen LogP contribution >= 0.6 is 0 Å². The minimum atomic E-state index is 0.545. The molecule has 12 heavy (non-hydrogen) atoms. The van der Waals surface area contributed by atoms with Crippen molar-refractivity contribution in [2.75, 3.05) is 6.61 Å². The van der Waals surface area contributed by atoms with Crippen molar-refractivity contribution < 1.29 is 4.74 Å². The van der Waals surface area contributed by atoms with Gasteiger partial charge in [0.2, 0.25) is 0 Å². The first kappa shape index (κ1) is 10.8. The molecule has 0 aromatic rings. The second kappa shape index (κ2) is 6.47. The molecule has 0 N–H and O–H groups in total. The first-order valence-electron chi connectivity index (χ1n) is 3.93. The van der Waals surface area contributed by atoms with Crippen LogP contribution < -0.4 is 0 Å². The summed E-state index contributed by atoms with van der Waals surface area (Å²) in [4.78, 5) is 0. The zero-order valence-corrected chi connectivity index (χ0v) is 7.84. The van der Waals surface area contributed by atoms with Crippen LogP contribution in [0.4, 0.5) is 0 Å². The number of allylic oxidation sites excluding steroid dienone is 4. The average Bonchev–Trinajstić information content (AvgIpc) is 2.05. The van der Waals surface area contributed by atoms with Crippen molar-refractivity contribution in [2.24, 2.45) is 0 Å². The van der Waals surface area contributed by atoms with Crippen LogP contribution in [-0.2, 0) is 4.74 Å². The molecule has 0 aromatic heterocycles. The molecule has 0 atom stereocenters. The third kappa shape index (κ3) is 5.54.